The molecule has 0 saturated carbocycles. The molecule has 0 bridgehead atoms. The molecule has 0 radical (unpaired) electrons. The first-order valence-electron chi connectivity index (χ1n) is 8.49. The predicted molar refractivity (Wildman–Crippen MR) is 104 cm³/mol. The van der Waals surface area contributed by atoms with Crippen LogP contribution < -0.4 is 15.4 Å². The number of methoxy groups -OCH3 is 1. The number of benzene rings is 3. The Kier molecular flexibility index (Phi) is 6.06. The summed E-state index contributed by atoms with van der Waals surface area (Å²) < 4.78 is 10.5. The van der Waals surface area contributed by atoms with Gasteiger partial charge in [0.25, 0.3) is 0 Å². The summed E-state index contributed by atoms with van der Waals surface area (Å²) in [6.45, 7) is 1.51. The molecule has 0 spiro atoms. The molecule has 134 valence electrons. The Morgan fingerprint density at radius 3 is 2.46 bits per heavy atom. The van der Waals surface area contributed by atoms with Gasteiger partial charge in [0.05, 0.1) is 6.61 Å². The van der Waals surface area contributed by atoms with Crippen molar-refractivity contribution >= 4 is 22.5 Å². The maximum Gasteiger partial charge on any atom is 0.319 e. The van der Waals surface area contributed by atoms with E-state index in [9.17, 15) is 4.79 Å². The minimum Gasteiger partial charge on any atom is -0.491 e. The van der Waals surface area contributed by atoms with Crippen LogP contribution in [0, 0.1) is 0 Å². The number of fused-ring (bicyclic) bond motifs is 1. The topological polar surface area (TPSA) is 59.6 Å². The zero-order valence-electron chi connectivity index (χ0n) is 14.7. The Bertz CT molecular complexity index is 863. The van der Waals surface area contributed by atoms with Crippen LogP contribution in [0.15, 0.2) is 66.7 Å². The molecule has 3 aromatic carbocycles. The number of anilines is 1. The fourth-order valence-electron chi connectivity index (χ4n) is 2.57. The van der Waals surface area contributed by atoms with Crippen LogP contribution >= 0.6 is 0 Å². The third kappa shape index (κ3) is 4.97. The number of carbonyl (C=O) groups excluding carboxylic acids is 1. The number of nitrogens with one attached hydrogen (secondary N) is 2. The van der Waals surface area contributed by atoms with Crippen LogP contribution in [0.2, 0.25) is 0 Å². The Balaban J connectivity index is 1.50. The van der Waals surface area contributed by atoms with E-state index in [0.717, 1.165) is 27.8 Å². The van der Waals surface area contributed by atoms with Gasteiger partial charge in [-0.3, -0.25) is 0 Å². The number of rotatable bonds is 7. The van der Waals surface area contributed by atoms with E-state index in [1.165, 1.54) is 0 Å². The second-order valence-corrected chi connectivity index (χ2v) is 5.85. The van der Waals surface area contributed by atoms with Gasteiger partial charge in [-0.25, -0.2) is 4.79 Å². The van der Waals surface area contributed by atoms with Crippen LogP contribution in [0.25, 0.3) is 10.8 Å². The van der Waals surface area contributed by atoms with Gasteiger partial charge >= 0.3 is 6.03 Å². The van der Waals surface area contributed by atoms with Gasteiger partial charge in [0.15, 0.2) is 0 Å². The highest BCUT2D eigenvalue weighted by atomic mass is 16.5. The maximum atomic E-state index is 12.1. The average Bonchev–Trinajstić information content (AvgIpc) is 2.67. The van der Waals surface area contributed by atoms with E-state index in [4.69, 9.17) is 9.47 Å². The molecule has 3 aromatic rings. The summed E-state index contributed by atoms with van der Waals surface area (Å²) in [5.74, 6) is 0.784. The summed E-state index contributed by atoms with van der Waals surface area (Å²) in [5.41, 5.74) is 1.76. The van der Waals surface area contributed by atoms with Crippen LogP contribution in [0.3, 0.4) is 0 Å². The van der Waals surface area contributed by atoms with Gasteiger partial charge in [-0.05, 0) is 40.6 Å². The molecule has 0 fully saturated rings. The summed E-state index contributed by atoms with van der Waals surface area (Å²) in [7, 11) is 1.64. The van der Waals surface area contributed by atoms with E-state index >= 15 is 0 Å². The molecule has 3 rings (SSSR count). The van der Waals surface area contributed by atoms with Gasteiger partial charge in [-0.15, -0.1) is 0 Å². The molecule has 0 aliphatic heterocycles. The number of hydrogen-bond acceptors (Lipinski definition) is 3. The molecule has 26 heavy (non-hydrogen) atoms. The van der Waals surface area contributed by atoms with Gasteiger partial charge < -0.3 is 20.1 Å². The minimum atomic E-state index is -0.235. The van der Waals surface area contributed by atoms with Gasteiger partial charge in [-0.2, -0.15) is 0 Å². The van der Waals surface area contributed by atoms with Crippen LogP contribution in [-0.4, -0.2) is 26.4 Å². The highest BCUT2D eigenvalue weighted by molar-refractivity contribution is 5.93. The molecule has 5 heteroatoms. The Hall–Kier alpha value is -3.05. The van der Waals surface area contributed by atoms with Crippen LogP contribution in [0.4, 0.5) is 10.5 Å². The maximum absolute atomic E-state index is 12.1. The van der Waals surface area contributed by atoms with Crippen molar-refractivity contribution in [1.82, 2.24) is 5.32 Å². The van der Waals surface area contributed by atoms with E-state index in [1.54, 1.807) is 7.11 Å². The van der Waals surface area contributed by atoms with Crippen molar-refractivity contribution in [2.24, 2.45) is 0 Å². The number of amides is 2. The standard InChI is InChI=1S/C21H22N2O3/c1-25-12-13-26-20-10-6-16(7-11-20)15-22-21(24)23-19-9-8-17-4-2-3-5-18(17)14-19/h2-11,14H,12-13,15H2,1H3,(H2,22,23,24). The highest BCUT2D eigenvalue weighted by Crippen LogP contribution is 2.18. The molecule has 0 heterocycles. The van der Waals surface area contributed by atoms with E-state index < -0.39 is 0 Å². The minimum absolute atomic E-state index is 0.235. The van der Waals surface area contributed by atoms with Crippen molar-refractivity contribution in [2.45, 2.75) is 6.54 Å². The van der Waals surface area contributed by atoms with Crippen molar-refractivity contribution < 1.29 is 14.3 Å². The van der Waals surface area contributed by atoms with Gasteiger partial charge in [0.1, 0.15) is 12.4 Å². The fourth-order valence-corrected chi connectivity index (χ4v) is 2.57. The van der Waals surface area contributed by atoms with Gasteiger partial charge in [0.2, 0.25) is 0 Å². The zero-order chi connectivity index (χ0) is 18.2. The Labute approximate surface area is 152 Å². The van der Waals surface area contributed by atoms with Crippen molar-refractivity contribution in [3.05, 3.63) is 72.3 Å². The lowest BCUT2D eigenvalue weighted by molar-refractivity contribution is 0.146. The number of hydrogen-bond donors (Lipinski definition) is 2. The van der Waals surface area contributed by atoms with E-state index in [0.29, 0.717) is 19.8 Å². The monoisotopic (exact) mass is 350 g/mol. The second kappa shape index (κ2) is 8.87. The molecular weight excluding hydrogens is 328 g/mol. The molecule has 0 aliphatic rings. The SMILES string of the molecule is COCCOc1ccc(CNC(=O)Nc2ccc3ccccc3c2)cc1. The molecule has 2 amide bonds. The lowest BCUT2D eigenvalue weighted by Crippen LogP contribution is -2.28. The summed E-state index contributed by atoms with van der Waals surface area (Å²) >= 11 is 0. The first-order chi connectivity index (χ1) is 12.7. The van der Waals surface area contributed by atoms with Crippen molar-refractivity contribution in [3.63, 3.8) is 0 Å². The highest BCUT2D eigenvalue weighted by Gasteiger charge is 2.03. The molecule has 2 N–H and O–H groups in total. The van der Waals surface area contributed by atoms with Crippen molar-refractivity contribution in [1.29, 1.82) is 0 Å². The van der Waals surface area contributed by atoms with Crippen molar-refractivity contribution in [2.75, 3.05) is 25.6 Å². The fraction of sp³-hybridized carbons (Fsp3) is 0.190. The third-order valence-electron chi connectivity index (χ3n) is 3.94. The van der Waals surface area contributed by atoms with Crippen LogP contribution in [0.1, 0.15) is 5.56 Å². The van der Waals surface area contributed by atoms with E-state index in [-0.39, 0.29) is 6.03 Å². The van der Waals surface area contributed by atoms with Crippen molar-refractivity contribution in [3.8, 4) is 5.75 Å². The Morgan fingerprint density at radius 1 is 0.923 bits per heavy atom. The lowest BCUT2D eigenvalue weighted by Gasteiger charge is -2.10. The third-order valence-corrected chi connectivity index (χ3v) is 3.94. The summed E-state index contributed by atoms with van der Waals surface area (Å²) in [4.78, 5) is 12.1. The first-order valence-corrected chi connectivity index (χ1v) is 8.49. The molecule has 0 unspecified atom stereocenters. The molecule has 0 aliphatic carbocycles. The van der Waals surface area contributed by atoms with Crippen LogP contribution in [0.5, 0.6) is 5.75 Å². The number of ether oxygens (including phenoxy) is 2. The quantitative estimate of drug-likeness (QED) is 0.628. The predicted octanol–water partition coefficient (Wildman–Crippen LogP) is 4.19. The number of urea groups is 1. The molecule has 0 atom stereocenters. The van der Waals surface area contributed by atoms with Gasteiger partial charge in [-0.1, -0.05) is 42.5 Å². The largest absolute Gasteiger partial charge is 0.491 e. The summed E-state index contributed by atoms with van der Waals surface area (Å²) in [5, 5.41) is 7.95. The van der Waals surface area contributed by atoms with E-state index in [2.05, 4.69) is 10.6 Å². The van der Waals surface area contributed by atoms with E-state index in [1.807, 2.05) is 66.7 Å². The zero-order valence-corrected chi connectivity index (χ0v) is 14.7. The van der Waals surface area contributed by atoms with Gasteiger partial charge in [0, 0.05) is 19.3 Å². The molecule has 0 saturated heterocycles. The Morgan fingerprint density at radius 2 is 1.69 bits per heavy atom. The number of carbonyl (C=O) groups is 1. The average molecular weight is 350 g/mol. The normalized spacial score (nSPS) is 10.5. The molecular formula is C21H22N2O3. The lowest BCUT2D eigenvalue weighted by atomic mass is 10.1. The summed E-state index contributed by atoms with van der Waals surface area (Å²) in [6, 6.07) is 21.3. The molecule has 0 aromatic heterocycles. The second-order valence-electron chi connectivity index (χ2n) is 5.85. The smallest absolute Gasteiger partial charge is 0.319 e. The summed E-state index contributed by atoms with van der Waals surface area (Å²) in [6.07, 6.45) is 0. The first kappa shape index (κ1) is 17.8. The molecule has 5 nitrogen and oxygen atoms in total. The van der Waals surface area contributed by atoms with Crippen LogP contribution in [-0.2, 0) is 11.3 Å².